The second-order valence-corrected chi connectivity index (χ2v) is 9.88. The van der Waals surface area contributed by atoms with Gasteiger partial charge >= 0.3 is 0 Å². The van der Waals surface area contributed by atoms with Crippen molar-refractivity contribution in [3.63, 3.8) is 0 Å². The highest BCUT2D eigenvalue weighted by Crippen LogP contribution is 2.32. The van der Waals surface area contributed by atoms with Gasteiger partial charge in [-0.15, -0.1) is 11.3 Å². The van der Waals surface area contributed by atoms with Crippen molar-refractivity contribution in [2.75, 3.05) is 4.72 Å². The Morgan fingerprint density at radius 1 is 1.19 bits per heavy atom. The Kier molecular flexibility index (Phi) is 3.81. The molecule has 2 heterocycles. The Morgan fingerprint density at radius 3 is 2.62 bits per heavy atom. The molecule has 0 aliphatic heterocycles. The van der Waals surface area contributed by atoms with Gasteiger partial charge in [0.05, 0.1) is 14.0 Å². The van der Waals surface area contributed by atoms with E-state index in [0.717, 1.165) is 24.4 Å². The summed E-state index contributed by atoms with van der Waals surface area (Å²) in [5.41, 5.74) is 1.92. The fraction of sp³-hybridized carbons (Fsp3) is 0.154. The zero-order chi connectivity index (χ0) is 15.2. The van der Waals surface area contributed by atoms with E-state index in [1.165, 1.54) is 22.7 Å². The van der Waals surface area contributed by atoms with Crippen molar-refractivity contribution < 1.29 is 8.42 Å². The van der Waals surface area contributed by atoms with E-state index in [-0.39, 0.29) is 4.90 Å². The molecule has 21 heavy (non-hydrogen) atoms. The van der Waals surface area contributed by atoms with Crippen molar-refractivity contribution >= 4 is 64.0 Å². The van der Waals surface area contributed by atoms with Gasteiger partial charge in [0.2, 0.25) is 0 Å². The zero-order valence-corrected chi connectivity index (χ0v) is 15.2. The van der Waals surface area contributed by atoms with Crippen molar-refractivity contribution in [2.45, 2.75) is 18.7 Å². The molecule has 0 radical (unpaired) electrons. The second-order valence-electron chi connectivity index (χ2n) is 4.57. The number of sulfonamides is 1. The first-order valence-electron chi connectivity index (χ1n) is 6.01. The Hall–Kier alpha value is -0.960. The quantitative estimate of drug-likeness (QED) is 0.699. The number of fused-ring (bicyclic) bond motifs is 1. The van der Waals surface area contributed by atoms with E-state index >= 15 is 0 Å². The van der Waals surface area contributed by atoms with Crippen molar-refractivity contribution in [3.8, 4) is 0 Å². The molecule has 0 atom stereocenters. The molecule has 1 aromatic carbocycles. The van der Waals surface area contributed by atoms with Gasteiger partial charge in [-0.25, -0.2) is 13.4 Å². The standard InChI is InChI=1S/C13H11BrN2O2S3/c1-7-3-4-9-10(5-7)20-13(15-9)16-21(17,18)11-6-12(14)19-8(11)2/h3-6H,1-2H3,(H,15,16). The van der Waals surface area contributed by atoms with E-state index < -0.39 is 10.0 Å². The number of anilines is 1. The normalized spacial score (nSPS) is 12.0. The smallest absolute Gasteiger partial charge is 0.255 e. The first-order valence-corrected chi connectivity index (χ1v) is 9.92. The number of hydrogen-bond donors (Lipinski definition) is 1. The molecule has 110 valence electrons. The molecule has 0 saturated carbocycles. The summed E-state index contributed by atoms with van der Waals surface area (Å²) in [5.74, 6) is 0. The first kappa shape index (κ1) is 15.0. The maximum atomic E-state index is 12.4. The summed E-state index contributed by atoms with van der Waals surface area (Å²) >= 11 is 6.04. The summed E-state index contributed by atoms with van der Waals surface area (Å²) in [5, 5.41) is 0.386. The zero-order valence-electron chi connectivity index (χ0n) is 11.2. The molecule has 0 fully saturated rings. The summed E-state index contributed by atoms with van der Waals surface area (Å²) in [6.45, 7) is 3.78. The van der Waals surface area contributed by atoms with Crippen molar-refractivity contribution in [3.05, 3.63) is 38.5 Å². The molecular weight excluding hydrogens is 392 g/mol. The van der Waals surface area contributed by atoms with Gasteiger partial charge in [-0.1, -0.05) is 17.4 Å². The van der Waals surface area contributed by atoms with Gasteiger partial charge in [0.1, 0.15) is 4.90 Å². The van der Waals surface area contributed by atoms with Crippen LogP contribution in [0.1, 0.15) is 10.4 Å². The van der Waals surface area contributed by atoms with Gasteiger partial charge in [0.25, 0.3) is 10.0 Å². The SMILES string of the molecule is Cc1ccc2nc(NS(=O)(=O)c3cc(Br)sc3C)sc2c1. The molecule has 3 rings (SSSR count). The number of aromatic nitrogens is 1. The van der Waals surface area contributed by atoms with Crippen molar-refractivity contribution in [1.82, 2.24) is 4.98 Å². The van der Waals surface area contributed by atoms with E-state index in [0.29, 0.717) is 5.13 Å². The molecule has 0 bridgehead atoms. The second kappa shape index (κ2) is 5.35. The number of halogens is 1. The summed E-state index contributed by atoms with van der Waals surface area (Å²) < 4.78 is 29.2. The molecular formula is C13H11BrN2O2S3. The Labute approximate surface area is 139 Å². The number of benzene rings is 1. The molecule has 1 N–H and O–H groups in total. The Balaban J connectivity index is 1.99. The van der Waals surface area contributed by atoms with Gasteiger partial charge in [-0.2, -0.15) is 0 Å². The van der Waals surface area contributed by atoms with E-state index in [1.54, 1.807) is 13.0 Å². The van der Waals surface area contributed by atoms with Crippen LogP contribution in [0.2, 0.25) is 0 Å². The minimum absolute atomic E-state index is 0.287. The molecule has 2 aromatic heterocycles. The number of rotatable bonds is 3. The van der Waals surface area contributed by atoms with Gasteiger partial charge < -0.3 is 0 Å². The summed E-state index contributed by atoms with van der Waals surface area (Å²) in [6.07, 6.45) is 0. The molecule has 0 aliphatic rings. The van der Waals surface area contributed by atoms with E-state index in [4.69, 9.17) is 0 Å². The van der Waals surface area contributed by atoms with Crippen molar-refractivity contribution in [1.29, 1.82) is 0 Å². The molecule has 0 amide bonds. The van der Waals surface area contributed by atoms with Crippen LogP contribution in [0.25, 0.3) is 10.2 Å². The van der Waals surface area contributed by atoms with Crippen LogP contribution in [0, 0.1) is 13.8 Å². The number of nitrogens with zero attached hydrogens (tertiary/aromatic N) is 1. The van der Waals surface area contributed by atoms with Gasteiger partial charge in [0.15, 0.2) is 5.13 Å². The number of aryl methyl sites for hydroxylation is 2. The van der Waals surface area contributed by atoms with Crippen LogP contribution in [-0.4, -0.2) is 13.4 Å². The third kappa shape index (κ3) is 2.98. The predicted molar refractivity (Wildman–Crippen MR) is 91.9 cm³/mol. The molecule has 0 unspecified atom stereocenters. The monoisotopic (exact) mass is 402 g/mol. The van der Waals surface area contributed by atoms with E-state index in [9.17, 15) is 8.42 Å². The molecule has 3 aromatic rings. The van der Waals surface area contributed by atoms with Crippen LogP contribution in [0.3, 0.4) is 0 Å². The lowest BCUT2D eigenvalue weighted by atomic mass is 10.2. The van der Waals surface area contributed by atoms with Crippen LogP contribution >= 0.6 is 38.6 Å². The topological polar surface area (TPSA) is 59.1 Å². The minimum atomic E-state index is -3.60. The lowest BCUT2D eigenvalue weighted by Crippen LogP contribution is -2.12. The largest absolute Gasteiger partial charge is 0.264 e. The highest BCUT2D eigenvalue weighted by molar-refractivity contribution is 9.11. The fourth-order valence-corrected chi connectivity index (χ4v) is 6.56. The Morgan fingerprint density at radius 2 is 1.95 bits per heavy atom. The third-order valence-corrected chi connectivity index (χ3v) is 7.11. The highest BCUT2D eigenvalue weighted by atomic mass is 79.9. The number of nitrogens with one attached hydrogen (secondary N) is 1. The minimum Gasteiger partial charge on any atom is -0.255 e. The number of thiazole rings is 1. The van der Waals surface area contributed by atoms with Crippen molar-refractivity contribution in [2.24, 2.45) is 0 Å². The fourth-order valence-electron chi connectivity index (χ4n) is 1.94. The van der Waals surface area contributed by atoms with E-state index in [2.05, 4.69) is 25.6 Å². The maximum absolute atomic E-state index is 12.4. The summed E-state index contributed by atoms with van der Waals surface area (Å²) in [6, 6.07) is 7.46. The number of hydrogen-bond acceptors (Lipinski definition) is 5. The summed E-state index contributed by atoms with van der Waals surface area (Å²) in [7, 11) is -3.60. The maximum Gasteiger partial charge on any atom is 0.264 e. The van der Waals surface area contributed by atoms with Crippen LogP contribution in [0.15, 0.2) is 32.9 Å². The van der Waals surface area contributed by atoms with Crippen LogP contribution in [-0.2, 0) is 10.0 Å². The third-order valence-electron chi connectivity index (χ3n) is 2.90. The molecule has 0 saturated heterocycles. The van der Waals surface area contributed by atoms with Crippen LogP contribution in [0.5, 0.6) is 0 Å². The average molecular weight is 403 g/mol. The van der Waals surface area contributed by atoms with E-state index in [1.807, 2.05) is 25.1 Å². The van der Waals surface area contributed by atoms with Crippen LogP contribution in [0.4, 0.5) is 5.13 Å². The predicted octanol–water partition coefficient (Wildman–Crippen LogP) is 4.54. The molecule has 4 nitrogen and oxygen atoms in total. The number of thiophene rings is 1. The summed E-state index contributed by atoms with van der Waals surface area (Å²) in [4.78, 5) is 5.35. The molecule has 0 spiro atoms. The van der Waals surface area contributed by atoms with Gasteiger partial charge in [-0.3, -0.25) is 4.72 Å². The Bertz CT molecular complexity index is 928. The lowest BCUT2D eigenvalue weighted by molar-refractivity contribution is 0.601. The highest BCUT2D eigenvalue weighted by Gasteiger charge is 2.21. The average Bonchev–Trinajstić information content (AvgIpc) is 2.91. The van der Waals surface area contributed by atoms with Crippen LogP contribution < -0.4 is 4.72 Å². The lowest BCUT2D eigenvalue weighted by Gasteiger charge is -2.03. The molecule has 0 aliphatic carbocycles. The van der Waals surface area contributed by atoms with Gasteiger partial charge in [-0.05, 0) is 53.5 Å². The van der Waals surface area contributed by atoms with Gasteiger partial charge in [0, 0.05) is 4.88 Å². The molecule has 8 heteroatoms. The first-order chi connectivity index (χ1) is 9.85.